The molecule has 0 saturated heterocycles. The predicted octanol–water partition coefficient (Wildman–Crippen LogP) is 2.82. The van der Waals surface area contributed by atoms with Gasteiger partial charge in [0, 0.05) is 24.4 Å². The quantitative estimate of drug-likeness (QED) is 0.456. The van der Waals surface area contributed by atoms with Crippen LogP contribution in [0, 0.1) is 0 Å². The maximum absolute atomic E-state index is 12.5. The SMILES string of the molecule is CS(=O)(=O)NC(=O)C(Cc1ccc(-c2ncc(Br)cn2)cc1)NC(=O)OCc1ccccc1. The van der Waals surface area contributed by atoms with Gasteiger partial charge in [-0.2, -0.15) is 0 Å². The highest BCUT2D eigenvalue weighted by Gasteiger charge is 2.24. The summed E-state index contributed by atoms with van der Waals surface area (Å²) in [5, 5.41) is 2.44. The van der Waals surface area contributed by atoms with Gasteiger partial charge in [0.25, 0.3) is 5.91 Å². The van der Waals surface area contributed by atoms with Gasteiger partial charge in [0.15, 0.2) is 5.82 Å². The van der Waals surface area contributed by atoms with Crippen molar-refractivity contribution in [1.82, 2.24) is 20.0 Å². The maximum Gasteiger partial charge on any atom is 0.408 e. The number of sulfonamides is 1. The van der Waals surface area contributed by atoms with Gasteiger partial charge in [0.2, 0.25) is 10.0 Å². The molecule has 2 aromatic carbocycles. The summed E-state index contributed by atoms with van der Waals surface area (Å²) in [4.78, 5) is 33.2. The van der Waals surface area contributed by atoms with Crippen LogP contribution in [0.5, 0.6) is 0 Å². The van der Waals surface area contributed by atoms with Crippen molar-refractivity contribution in [3.05, 3.63) is 82.6 Å². The van der Waals surface area contributed by atoms with Gasteiger partial charge >= 0.3 is 6.09 Å². The summed E-state index contributed by atoms with van der Waals surface area (Å²) >= 11 is 3.28. The molecule has 11 heteroatoms. The lowest BCUT2D eigenvalue weighted by Crippen LogP contribution is -2.49. The molecule has 1 atom stereocenters. The van der Waals surface area contributed by atoms with Gasteiger partial charge in [-0.25, -0.2) is 23.2 Å². The summed E-state index contributed by atoms with van der Waals surface area (Å²) in [6, 6.07) is 14.9. The minimum atomic E-state index is -3.81. The zero-order valence-corrected chi connectivity index (χ0v) is 20.0. The Morgan fingerprint density at radius 1 is 1.00 bits per heavy atom. The van der Waals surface area contributed by atoms with E-state index in [0.717, 1.165) is 21.9 Å². The number of halogens is 1. The zero-order valence-electron chi connectivity index (χ0n) is 17.6. The van der Waals surface area contributed by atoms with Crippen LogP contribution < -0.4 is 10.0 Å². The first kappa shape index (κ1) is 24.3. The molecule has 0 bridgehead atoms. The molecule has 3 rings (SSSR count). The average molecular weight is 533 g/mol. The highest BCUT2D eigenvalue weighted by Crippen LogP contribution is 2.17. The predicted molar refractivity (Wildman–Crippen MR) is 125 cm³/mol. The first-order valence-corrected chi connectivity index (χ1v) is 12.4. The van der Waals surface area contributed by atoms with E-state index in [0.29, 0.717) is 11.4 Å². The Hall–Kier alpha value is -3.31. The third-order valence-corrected chi connectivity index (χ3v) is 5.36. The number of carbonyl (C=O) groups is 2. The molecule has 0 radical (unpaired) electrons. The van der Waals surface area contributed by atoms with E-state index in [9.17, 15) is 18.0 Å². The van der Waals surface area contributed by atoms with Crippen LogP contribution in [-0.4, -0.2) is 42.7 Å². The van der Waals surface area contributed by atoms with Crippen LogP contribution >= 0.6 is 15.9 Å². The van der Waals surface area contributed by atoms with E-state index in [2.05, 4.69) is 31.2 Å². The molecule has 0 saturated carbocycles. The van der Waals surface area contributed by atoms with E-state index >= 15 is 0 Å². The summed E-state index contributed by atoms with van der Waals surface area (Å²) < 4.78 is 30.9. The molecule has 9 nitrogen and oxygen atoms in total. The molecule has 3 aromatic rings. The molecule has 1 heterocycles. The minimum absolute atomic E-state index is 0.00890. The van der Waals surface area contributed by atoms with Gasteiger partial charge in [-0.3, -0.25) is 9.52 Å². The molecule has 1 unspecified atom stereocenters. The normalized spacial score (nSPS) is 11.9. The highest BCUT2D eigenvalue weighted by molar-refractivity contribution is 9.10. The Balaban J connectivity index is 1.70. The van der Waals surface area contributed by atoms with Crippen molar-refractivity contribution in [3.8, 4) is 11.4 Å². The largest absolute Gasteiger partial charge is 0.445 e. The first-order chi connectivity index (χ1) is 15.7. The van der Waals surface area contributed by atoms with Crippen LogP contribution in [0.15, 0.2) is 71.5 Å². The van der Waals surface area contributed by atoms with E-state index in [-0.39, 0.29) is 13.0 Å². The van der Waals surface area contributed by atoms with E-state index in [1.54, 1.807) is 48.8 Å². The van der Waals surface area contributed by atoms with Crippen LogP contribution in [0.1, 0.15) is 11.1 Å². The summed E-state index contributed by atoms with van der Waals surface area (Å²) in [6.07, 6.45) is 3.33. The van der Waals surface area contributed by atoms with Crippen molar-refractivity contribution >= 4 is 38.0 Å². The van der Waals surface area contributed by atoms with Gasteiger partial charge in [0.1, 0.15) is 12.6 Å². The standard InChI is InChI=1S/C22H21BrN4O5S/c1-33(30,31)27-21(28)19(26-22(29)32-14-16-5-3-2-4-6-16)11-15-7-9-17(10-8-15)20-24-12-18(23)13-25-20/h2-10,12-13,19H,11,14H2,1H3,(H,26,29)(H,27,28). The van der Waals surface area contributed by atoms with Gasteiger partial charge in [-0.05, 0) is 27.1 Å². The van der Waals surface area contributed by atoms with Crippen molar-refractivity contribution in [2.24, 2.45) is 0 Å². The number of aromatic nitrogens is 2. The minimum Gasteiger partial charge on any atom is -0.445 e. The van der Waals surface area contributed by atoms with Crippen LogP contribution in [0.4, 0.5) is 4.79 Å². The fourth-order valence-corrected chi connectivity index (χ4v) is 3.57. The Morgan fingerprint density at radius 3 is 2.24 bits per heavy atom. The Labute approximate surface area is 199 Å². The number of alkyl carbamates (subject to hydrolysis) is 1. The molecule has 2 N–H and O–H groups in total. The summed E-state index contributed by atoms with van der Waals surface area (Å²) in [5.41, 5.74) is 2.22. The van der Waals surface area contributed by atoms with E-state index in [1.807, 2.05) is 22.9 Å². The summed E-state index contributed by atoms with van der Waals surface area (Å²) in [7, 11) is -3.81. The molecule has 0 spiro atoms. The molecule has 1 aromatic heterocycles. The van der Waals surface area contributed by atoms with Gasteiger partial charge in [0.05, 0.1) is 10.7 Å². The monoisotopic (exact) mass is 532 g/mol. The topological polar surface area (TPSA) is 127 Å². The number of ether oxygens (including phenoxy) is 1. The summed E-state index contributed by atoms with van der Waals surface area (Å²) in [6.45, 7) is 0.00890. The van der Waals surface area contributed by atoms with Crippen LogP contribution in [0.25, 0.3) is 11.4 Å². The summed E-state index contributed by atoms with van der Waals surface area (Å²) in [5.74, 6) is -0.340. The lowest BCUT2D eigenvalue weighted by atomic mass is 10.0. The number of rotatable bonds is 8. The molecule has 2 amide bonds. The Kier molecular flexibility index (Phi) is 8.12. The number of hydrogen-bond donors (Lipinski definition) is 2. The molecular formula is C22H21BrN4O5S. The second kappa shape index (κ2) is 11.0. The Morgan fingerprint density at radius 2 is 1.64 bits per heavy atom. The van der Waals surface area contributed by atoms with Crippen molar-refractivity contribution in [1.29, 1.82) is 0 Å². The van der Waals surface area contributed by atoms with Crippen molar-refractivity contribution < 1.29 is 22.7 Å². The average Bonchev–Trinajstić information content (AvgIpc) is 2.78. The first-order valence-electron chi connectivity index (χ1n) is 9.75. The van der Waals surface area contributed by atoms with Crippen molar-refractivity contribution in [3.63, 3.8) is 0 Å². The highest BCUT2D eigenvalue weighted by atomic mass is 79.9. The smallest absolute Gasteiger partial charge is 0.408 e. The number of nitrogens with one attached hydrogen (secondary N) is 2. The second-order valence-electron chi connectivity index (χ2n) is 7.12. The molecule has 172 valence electrons. The number of hydrogen-bond acceptors (Lipinski definition) is 7. The Bertz CT molecular complexity index is 1200. The van der Waals surface area contributed by atoms with Crippen LogP contribution in [-0.2, 0) is 32.6 Å². The zero-order chi connectivity index (χ0) is 23.8. The molecule has 0 aliphatic rings. The molecule has 0 aliphatic carbocycles. The molecule has 0 aliphatic heterocycles. The number of nitrogens with zero attached hydrogens (tertiary/aromatic N) is 2. The van der Waals surface area contributed by atoms with E-state index in [4.69, 9.17) is 4.74 Å². The van der Waals surface area contributed by atoms with Gasteiger partial charge < -0.3 is 10.1 Å². The van der Waals surface area contributed by atoms with Crippen LogP contribution in [0.3, 0.4) is 0 Å². The maximum atomic E-state index is 12.5. The lowest BCUT2D eigenvalue weighted by Gasteiger charge is -2.18. The van der Waals surface area contributed by atoms with Gasteiger partial charge in [-0.15, -0.1) is 0 Å². The lowest BCUT2D eigenvalue weighted by molar-refractivity contribution is -0.121. The third-order valence-electron chi connectivity index (χ3n) is 4.38. The van der Waals surface area contributed by atoms with E-state index in [1.165, 1.54) is 0 Å². The fraction of sp³-hybridized carbons (Fsp3) is 0.182. The fourth-order valence-electron chi connectivity index (χ4n) is 2.86. The number of benzene rings is 2. The molecule has 0 fully saturated rings. The second-order valence-corrected chi connectivity index (χ2v) is 9.79. The third kappa shape index (κ3) is 7.95. The van der Waals surface area contributed by atoms with E-state index < -0.39 is 28.1 Å². The van der Waals surface area contributed by atoms with Gasteiger partial charge in [-0.1, -0.05) is 54.6 Å². The van der Waals surface area contributed by atoms with Crippen LogP contribution in [0.2, 0.25) is 0 Å². The molecular weight excluding hydrogens is 512 g/mol. The molecule has 33 heavy (non-hydrogen) atoms. The van der Waals surface area contributed by atoms with Crippen molar-refractivity contribution in [2.45, 2.75) is 19.1 Å². The number of carbonyl (C=O) groups excluding carboxylic acids is 2. The van der Waals surface area contributed by atoms with Crippen molar-refractivity contribution in [2.75, 3.05) is 6.26 Å². The number of amides is 2.